The van der Waals surface area contributed by atoms with Gasteiger partial charge in [0.25, 0.3) is 0 Å². The molecule has 1 aromatic carbocycles. The zero-order valence-corrected chi connectivity index (χ0v) is 10.3. The van der Waals surface area contributed by atoms with E-state index in [2.05, 4.69) is 15.7 Å². The normalized spacial score (nSPS) is 10.1. The third-order valence-electron chi connectivity index (χ3n) is 2.14. The Morgan fingerprint density at radius 1 is 1.12 bits per heavy atom. The van der Waals surface area contributed by atoms with Crippen LogP contribution < -0.4 is 16.6 Å². The van der Waals surface area contributed by atoms with Gasteiger partial charge in [0.1, 0.15) is 5.82 Å². The Morgan fingerprint density at radius 3 is 2.47 bits per heavy atom. The molecule has 17 heavy (non-hydrogen) atoms. The first-order valence-corrected chi connectivity index (χ1v) is 5.60. The number of rotatable bonds is 3. The van der Waals surface area contributed by atoms with Crippen molar-refractivity contribution < 1.29 is 0 Å². The fourth-order valence-corrected chi connectivity index (χ4v) is 1.84. The van der Waals surface area contributed by atoms with Gasteiger partial charge in [0.2, 0.25) is 0 Å². The van der Waals surface area contributed by atoms with Crippen molar-refractivity contribution in [1.82, 2.24) is 4.98 Å². The van der Waals surface area contributed by atoms with Gasteiger partial charge in [-0.15, -0.1) is 0 Å². The van der Waals surface area contributed by atoms with E-state index in [0.29, 0.717) is 21.6 Å². The molecule has 4 N–H and O–H groups in total. The highest BCUT2D eigenvalue weighted by Gasteiger charge is 2.05. The summed E-state index contributed by atoms with van der Waals surface area (Å²) in [6.07, 6.45) is 1.63. The minimum Gasteiger partial charge on any atom is -0.353 e. The molecular weight excluding hydrogens is 259 g/mol. The van der Waals surface area contributed by atoms with Gasteiger partial charge in [-0.2, -0.15) is 0 Å². The molecule has 2 rings (SSSR count). The molecule has 0 radical (unpaired) electrons. The number of para-hydroxylation sites is 1. The predicted octanol–water partition coefficient (Wildman–Crippen LogP) is 3.42. The van der Waals surface area contributed by atoms with E-state index in [1.807, 2.05) is 0 Å². The number of halogens is 2. The molecule has 1 aromatic heterocycles. The summed E-state index contributed by atoms with van der Waals surface area (Å²) in [6, 6.07) is 8.85. The number of hydrogen-bond donors (Lipinski definition) is 3. The lowest BCUT2D eigenvalue weighted by Gasteiger charge is -2.10. The van der Waals surface area contributed by atoms with Crippen molar-refractivity contribution in [3.8, 4) is 0 Å². The Bertz CT molecular complexity index is 510. The van der Waals surface area contributed by atoms with Crippen LogP contribution in [0, 0.1) is 0 Å². The van der Waals surface area contributed by atoms with Crippen molar-refractivity contribution in [1.29, 1.82) is 0 Å². The van der Waals surface area contributed by atoms with Crippen molar-refractivity contribution in [3.63, 3.8) is 0 Å². The summed E-state index contributed by atoms with van der Waals surface area (Å²) in [5.41, 5.74) is 3.92. The van der Waals surface area contributed by atoms with Crippen LogP contribution >= 0.6 is 23.2 Å². The van der Waals surface area contributed by atoms with Crippen LogP contribution in [0.2, 0.25) is 10.0 Å². The van der Waals surface area contributed by atoms with Crippen LogP contribution in [0.1, 0.15) is 0 Å². The first-order valence-electron chi connectivity index (χ1n) is 4.84. The lowest BCUT2D eigenvalue weighted by molar-refractivity contribution is 1.23. The maximum atomic E-state index is 6.05. The van der Waals surface area contributed by atoms with Gasteiger partial charge in [-0.1, -0.05) is 29.3 Å². The van der Waals surface area contributed by atoms with Gasteiger partial charge in [0, 0.05) is 18.0 Å². The minimum atomic E-state index is 0.552. The largest absolute Gasteiger partial charge is 0.353 e. The Kier molecular flexibility index (Phi) is 3.68. The van der Waals surface area contributed by atoms with Crippen LogP contribution in [0.4, 0.5) is 17.2 Å². The second kappa shape index (κ2) is 5.23. The number of nitrogens with one attached hydrogen (secondary N) is 2. The van der Waals surface area contributed by atoms with Crippen molar-refractivity contribution in [2.45, 2.75) is 0 Å². The predicted molar refractivity (Wildman–Crippen MR) is 71.8 cm³/mol. The second-order valence-corrected chi connectivity index (χ2v) is 4.11. The molecule has 2 aromatic rings. The topological polar surface area (TPSA) is 63.0 Å². The van der Waals surface area contributed by atoms with E-state index in [1.165, 1.54) is 0 Å². The van der Waals surface area contributed by atoms with E-state index in [1.54, 1.807) is 36.5 Å². The number of anilines is 3. The van der Waals surface area contributed by atoms with Gasteiger partial charge >= 0.3 is 0 Å². The molecular formula is C11H10Cl2N4. The summed E-state index contributed by atoms with van der Waals surface area (Å²) in [5, 5.41) is 4.22. The molecule has 0 aliphatic carbocycles. The molecule has 0 fully saturated rings. The molecule has 0 aliphatic rings. The van der Waals surface area contributed by atoms with Gasteiger partial charge in [-0.3, -0.25) is 0 Å². The summed E-state index contributed by atoms with van der Waals surface area (Å²) in [4.78, 5) is 4.00. The monoisotopic (exact) mass is 268 g/mol. The lowest BCUT2D eigenvalue weighted by atomic mass is 10.3. The van der Waals surface area contributed by atoms with Gasteiger partial charge in [0.15, 0.2) is 0 Å². The van der Waals surface area contributed by atoms with E-state index in [4.69, 9.17) is 29.0 Å². The zero-order valence-electron chi connectivity index (χ0n) is 8.74. The smallest absolute Gasteiger partial charge is 0.141 e. The second-order valence-electron chi connectivity index (χ2n) is 3.30. The highest BCUT2D eigenvalue weighted by molar-refractivity contribution is 6.39. The highest BCUT2D eigenvalue weighted by Crippen LogP contribution is 2.32. The van der Waals surface area contributed by atoms with Gasteiger partial charge in [-0.05, 0) is 18.2 Å². The molecule has 0 aliphatic heterocycles. The molecule has 0 saturated carbocycles. The van der Waals surface area contributed by atoms with Crippen LogP contribution in [-0.4, -0.2) is 4.98 Å². The fourth-order valence-electron chi connectivity index (χ4n) is 1.35. The third-order valence-corrected chi connectivity index (χ3v) is 2.77. The quantitative estimate of drug-likeness (QED) is 0.590. The van der Waals surface area contributed by atoms with Crippen LogP contribution in [-0.2, 0) is 0 Å². The molecule has 0 amide bonds. The minimum absolute atomic E-state index is 0.552. The number of hydrazine groups is 1. The molecule has 0 atom stereocenters. The molecule has 88 valence electrons. The number of nitrogens with zero attached hydrogens (tertiary/aromatic N) is 1. The first-order chi connectivity index (χ1) is 8.20. The van der Waals surface area contributed by atoms with E-state index < -0.39 is 0 Å². The Hall–Kier alpha value is -1.49. The van der Waals surface area contributed by atoms with Crippen molar-refractivity contribution in [2.24, 2.45) is 5.84 Å². The van der Waals surface area contributed by atoms with E-state index in [-0.39, 0.29) is 0 Å². The average Bonchev–Trinajstić information content (AvgIpc) is 2.34. The first kappa shape index (κ1) is 12.0. The summed E-state index contributed by atoms with van der Waals surface area (Å²) in [5.74, 6) is 5.83. The maximum Gasteiger partial charge on any atom is 0.141 e. The summed E-state index contributed by atoms with van der Waals surface area (Å²) < 4.78 is 0. The third kappa shape index (κ3) is 2.79. The lowest BCUT2D eigenvalue weighted by Crippen LogP contribution is -2.08. The van der Waals surface area contributed by atoms with Crippen LogP contribution in [0.15, 0.2) is 36.5 Å². The molecule has 1 heterocycles. The molecule has 6 heteroatoms. The van der Waals surface area contributed by atoms with E-state index in [0.717, 1.165) is 5.69 Å². The van der Waals surface area contributed by atoms with Crippen LogP contribution in [0.5, 0.6) is 0 Å². The maximum absolute atomic E-state index is 6.05. The average molecular weight is 269 g/mol. The van der Waals surface area contributed by atoms with Gasteiger partial charge in [0.05, 0.1) is 15.7 Å². The number of benzene rings is 1. The van der Waals surface area contributed by atoms with Gasteiger partial charge in [-0.25, -0.2) is 10.8 Å². The van der Waals surface area contributed by atoms with Gasteiger partial charge < -0.3 is 10.7 Å². The molecule has 0 bridgehead atoms. The van der Waals surface area contributed by atoms with E-state index in [9.17, 15) is 0 Å². The Morgan fingerprint density at radius 2 is 1.82 bits per heavy atom. The molecule has 0 unspecified atom stereocenters. The summed E-state index contributed by atoms with van der Waals surface area (Å²) in [7, 11) is 0. The fraction of sp³-hybridized carbons (Fsp3) is 0. The highest BCUT2D eigenvalue weighted by atomic mass is 35.5. The number of aromatic nitrogens is 1. The molecule has 0 spiro atoms. The van der Waals surface area contributed by atoms with Crippen molar-refractivity contribution in [3.05, 3.63) is 46.6 Å². The molecule has 4 nitrogen and oxygen atoms in total. The molecule has 0 saturated heterocycles. The van der Waals surface area contributed by atoms with E-state index >= 15 is 0 Å². The Balaban J connectivity index is 2.31. The summed E-state index contributed by atoms with van der Waals surface area (Å²) >= 11 is 12.1. The number of pyridine rings is 1. The van der Waals surface area contributed by atoms with Crippen molar-refractivity contribution >= 4 is 40.4 Å². The van der Waals surface area contributed by atoms with Crippen molar-refractivity contribution in [2.75, 3.05) is 10.7 Å². The number of nitrogen functional groups attached to an aromatic ring is 1. The number of hydrogen-bond acceptors (Lipinski definition) is 4. The number of nitrogens with two attached hydrogens (primary N) is 1. The Labute approximate surface area is 109 Å². The standard InChI is InChI=1S/C11H10Cl2N4/c12-8-2-1-3-9(13)11(8)16-7-4-5-15-10(6-7)17-14/h1-6H,14H2,(H2,15,16,17). The van der Waals surface area contributed by atoms with Crippen LogP contribution in [0.3, 0.4) is 0 Å². The SMILES string of the molecule is NNc1cc(Nc2c(Cl)cccc2Cl)ccn1. The zero-order chi connectivity index (χ0) is 12.3. The van der Waals surface area contributed by atoms with Crippen LogP contribution in [0.25, 0.3) is 0 Å². The summed E-state index contributed by atoms with van der Waals surface area (Å²) in [6.45, 7) is 0.